The number of aromatic nitrogens is 1. The molecule has 2 rings (SSSR count). The van der Waals surface area contributed by atoms with Crippen molar-refractivity contribution in [2.24, 2.45) is 10.8 Å². The van der Waals surface area contributed by atoms with Crippen LogP contribution in [0.2, 0.25) is 5.02 Å². The number of nitrogens with zero attached hydrogens (tertiary/aromatic N) is 2. The Bertz CT molecular complexity index is 827. The molecule has 1 heterocycles. The predicted molar refractivity (Wildman–Crippen MR) is 91.7 cm³/mol. The first-order valence-corrected chi connectivity index (χ1v) is 7.38. The van der Waals surface area contributed by atoms with Gasteiger partial charge in [-0.25, -0.2) is 5.43 Å². The number of hydrazone groups is 1. The quantitative estimate of drug-likeness (QED) is 0.499. The summed E-state index contributed by atoms with van der Waals surface area (Å²) in [5.74, 6) is -1.47. The van der Waals surface area contributed by atoms with Gasteiger partial charge in [0.1, 0.15) is 5.75 Å². The molecule has 0 fully saturated rings. The number of aryl methyl sites for hydroxylation is 1. The summed E-state index contributed by atoms with van der Waals surface area (Å²) < 4.78 is 7.14. The minimum Gasteiger partial charge on any atom is -0.495 e. The predicted octanol–water partition coefficient (Wildman–Crippen LogP) is 1.69. The highest BCUT2D eigenvalue weighted by Crippen LogP contribution is 2.28. The second-order valence-electron chi connectivity index (χ2n) is 5.04. The van der Waals surface area contributed by atoms with Crippen LogP contribution in [0.3, 0.4) is 0 Å². The van der Waals surface area contributed by atoms with Crippen molar-refractivity contribution in [1.82, 2.24) is 9.99 Å². The summed E-state index contributed by atoms with van der Waals surface area (Å²) in [5, 5.41) is 4.24. The molecule has 1 aromatic heterocycles. The van der Waals surface area contributed by atoms with Gasteiger partial charge in [0.2, 0.25) is 0 Å². The van der Waals surface area contributed by atoms with Gasteiger partial charge in [-0.1, -0.05) is 11.6 Å². The van der Waals surface area contributed by atoms with Crippen LogP contribution in [0, 0.1) is 13.8 Å². The van der Waals surface area contributed by atoms with Gasteiger partial charge in [-0.3, -0.25) is 9.59 Å². The van der Waals surface area contributed by atoms with Crippen LogP contribution in [0.15, 0.2) is 29.4 Å². The molecule has 8 heteroatoms. The normalized spacial score (nSPS) is 10.8. The van der Waals surface area contributed by atoms with Gasteiger partial charge in [-0.2, -0.15) is 5.10 Å². The lowest BCUT2D eigenvalue weighted by molar-refractivity contribution is -0.137. The summed E-state index contributed by atoms with van der Waals surface area (Å²) in [7, 11) is 1.56. The fourth-order valence-corrected chi connectivity index (χ4v) is 2.58. The van der Waals surface area contributed by atoms with E-state index in [2.05, 4.69) is 10.5 Å². The highest BCUT2D eigenvalue weighted by Gasteiger charge is 2.12. The number of carbonyl (C=O) groups is 2. The first kappa shape index (κ1) is 17.6. The number of halogens is 1. The molecule has 0 saturated heterocycles. The number of methoxy groups -OCH3 is 1. The molecule has 2 amide bonds. The van der Waals surface area contributed by atoms with E-state index in [-0.39, 0.29) is 0 Å². The van der Waals surface area contributed by atoms with E-state index in [1.54, 1.807) is 19.2 Å². The smallest absolute Gasteiger partial charge is 0.329 e. The van der Waals surface area contributed by atoms with Gasteiger partial charge < -0.3 is 15.0 Å². The molecule has 2 aromatic rings. The highest BCUT2D eigenvalue weighted by atomic mass is 35.5. The average Bonchev–Trinajstić information content (AvgIpc) is 2.81. The average molecular weight is 349 g/mol. The SMILES string of the molecule is COc1ccc(-n2c(C)cc(/C=N\NC(=O)C(N)=O)c2C)cc1Cl. The van der Waals surface area contributed by atoms with Gasteiger partial charge in [0, 0.05) is 22.6 Å². The fraction of sp³-hybridized carbons (Fsp3) is 0.188. The van der Waals surface area contributed by atoms with Crippen molar-refractivity contribution in [3.8, 4) is 11.4 Å². The standard InChI is InChI=1S/C16H17ClN4O3/c1-9-6-11(8-19-20-16(23)15(18)22)10(2)21(9)12-4-5-14(24-3)13(17)7-12/h4-8H,1-3H3,(H2,18,22)(H,20,23)/b19-8-. The first-order valence-electron chi connectivity index (χ1n) is 7.00. The van der Waals surface area contributed by atoms with Crippen molar-refractivity contribution >= 4 is 29.6 Å². The van der Waals surface area contributed by atoms with Gasteiger partial charge in [-0.15, -0.1) is 0 Å². The Balaban J connectivity index is 2.32. The Morgan fingerprint density at radius 3 is 2.62 bits per heavy atom. The molecule has 0 unspecified atom stereocenters. The Labute approximate surface area is 144 Å². The third-order valence-electron chi connectivity index (χ3n) is 3.46. The summed E-state index contributed by atoms with van der Waals surface area (Å²) in [6.07, 6.45) is 1.45. The zero-order valence-electron chi connectivity index (χ0n) is 13.5. The van der Waals surface area contributed by atoms with Crippen molar-refractivity contribution in [3.05, 3.63) is 46.2 Å². The minimum absolute atomic E-state index is 0.506. The Hall–Kier alpha value is -2.80. The van der Waals surface area contributed by atoms with Crippen molar-refractivity contribution < 1.29 is 14.3 Å². The second kappa shape index (κ2) is 7.18. The molecule has 7 nitrogen and oxygen atoms in total. The molecule has 0 aliphatic rings. The molecule has 0 bridgehead atoms. The van der Waals surface area contributed by atoms with E-state index in [1.807, 2.05) is 30.5 Å². The number of ether oxygens (including phenoxy) is 1. The van der Waals surface area contributed by atoms with E-state index in [0.717, 1.165) is 22.6 Å². The van der Waals surface area contributed by atoms with E-state index in [4.69, 9.17) is 22.1 Å². The van der Waals surface area contributed by atoms with Gasteiger partial charge in [0.15, 0.2) is 0 Å². The molecular weight excluding hydrogens is 332 g/mol. The number of benzene rings is 1. The molecular formula is C16H17ClN4O3. The Kier molecular flexibility index (Phi) is 5.25. The van der Waals surface area contributed by atoms with Crippen LogP contribution < -0.4 is 15.9 Å². The monoisotopic (exact) mass is 348 g/mol. The van der Waals surface area contributed by atoms with Crippen molar-refractivity contribution in [2.45, 2.75) is 13.8 Å². The fourth-order valence-electron chi connectivity index (χ4n) is 2.33. The van der Waals surface area contributed by atoms with Crippen LogP contribution in [0.5, 0.6) is 5.75 Å². The van der Waals surface area contributed by atoms with Gasteiger partial charge >= 0.3 is 11.8 Å². The molecule has 0 radical (unpaired) electrons. The summed E-state index contributed by atoms with van der Waals surface area (Å²) in [6, 6.07) is 7.38. The van der Waals surface area contributed by atoms with Gasteiger partial charge in [0.05, 0.1) is 18.3 Å². The number of hydrogen-bond acceptors (Lipinski definition) is 4. The van der Waals surface area contributed by atoms with E-state index >= 15 is 0 Å². The van der Waals surface area contributed by atoms with Crippen LogP contribution in [-0.2, 0) is 9.59 Å². The molecule has 3 N–H and O–H groups in total. The molecule has 1 aromatic carbocycles. The third-order valence-corrected chi connectivity index (χ3v) is 3.75. The van der Waals surface area contributed by atoms with Crippen LogP contribution in [0.1, 0.15) is 17.0 Å². The molecule has 0 atom stereocenters. The topological polar surface area (TPSA) is 98.7 Å². The van der Waals surface area contributed by atoms with E-state index in [0.29, 0.717) is 10.8 Å². The Morgan fingerprint density at radius 1 is 1.33 bits per heavy atom. The lowest BCUT2D eigenvalue weighted by atomic mass is 10.2. The molecule has 126 valence electrons. The summed E-state index contributed by atoms with van der Waals surface area (Å²) in [4.78, 5) is 21.7. The summed E-state index contributed by atoms with van der Waals surface area (Å²) >= 11 is 6.18. The summed E-state index contributed by atoms with van der Waals surface area (Å²) in [5.41, 5.74) is 10.4. The molecule has 0 aliphatic heterocycles. The Morgan fingerprint density at radius 2 is 2.04 bits per heavy atom. The number of amides is 2. The van der Waals surface area contributed by atoms with Crippen molar-refractivity contribution in [2.75, 3.05) is 7.11 Å². The number of primary amides is 1. The maximum absolute atomic E-state index is 11.1. The molecule has 0 aliphatic carbocycles. The lowest BCUT2D eigenvalue weighted by Gasteiger charge is -2.11. The van der Waals surface area contributed by atoms with Crippen molar-refractivity contribution in [1.29, 1.82) is 0 Å². The largest absolute Gasteiger partial charge is 0.495 e. The number of hydrogen-bond donors (Lipinski definition) is 2. The number of nitrogens with one attached hydrogen (secondary N) is 1. The highest BCUT2D eigenvalue weighted by molar-refractivity contribution is 6.34. The number of rotatable bonds is 4. The van der Waals surface area contributed by atoms with Crippen molar-refractivity contribution in [3.63, 3.8) is 0 Å². The van der Waals surface area contributed by atoms with Gasteiger partial charge in [0.25, 0.3) is 0 Å². The number of carbonyl (C=O) groups excluding carboxylic acids is 2. The number of nitrogens with two attached hydrogens (primary N) is 1. The molecule has 0 spiro atoms. The maximum Gasteiger partial charge on any atom is 0.329 e. The lowest BCUT2D eigenvalue weighted by Crippen LogP contribution is -2.32. The first-order chi connectivity index (χ1) is 11.3. The van der Waals surface area contributed by atoms with Crippen LogP contribution in [0.4, 0.5) is 0 Å². The minimum atomic E-state index is -1.09. The molecule has 24 heavy (non-hydrogen) atoms. The van der Waals surface area contributed by atoms with Crippen LogP contribution in [-0.4, -0.2) is 29.7 Å². The third kappa shape index (κ3) is 3.57. The zero-order valence-corrected chi connectivity index (χ0v) is 14.2. The van der Waals surface area contributed by atoms with E-state index in [1.165, 1.54) is 6.21 Å². The van der Waals surface area contributed by atoms with E-state index < -0.39 is 11.8 Å². The zero-order chi connectivity index (χ0) is 17.9. The van der Waals surface area contributed by atoms with Gasteiger partial charge in [-0.05, 0) is 38.1 Å². The maximum atomic E-state index is 11.1. The molecule has 0 saturated carbocycles. The van der Waals surface area contributed by atoms with E-state index in [9.17, 15) is 9.59 Å². The van der Waals surface area contributed by atoms with Crippen LogP contribution in [0.25, 0.3) is 5.69 Å². The second-order valence-corrected chi connectivity index (χ2v) is 5.45. The van der Waals surface area contributed by atoms with Crippen LogP contribution >= 0.6 is 11.6 Å². The summed E-state index contributed by atoms with van der Waals surface area (Å²) in [6.45, 7) is 3.84.